The maximum Gasteiger partial charge on any atom is 0.143 e. The Morgan fingerprint density at radius 1 is 0.931 bits per heavy atom. The number of ether oxygens (including phenoxy) is 2. The quantitative estimate of drug-likeness (QED) is 0.448. The van der Waals surface area contributed by atoms with E-state index in [0.29, 0.717) is 19.0 Å². The topological polar surface area (TPSA) is 56.5 Å². The summed E-state index contributed by atoms with van der Waals surface area (Å²) in [5.41, 5.74) is 2.72. The van der Waals surface area contributed by atoms with Crippen molar-refractivity contribution in [2.45, 2.75) is 19.1 Å². The van der Waals surface area contributed by atoms with Crippen LogP contribution in [0.5, 0.6) is 11.5 Å². The Bertz CT molecular complexity index is 1080. The Morgan fingerprint density at radius 3 is 2.52 bits per heavy atom. The van der Waals surface area contributed by atoms with Gasteiger partial charge in [0, 0.05) is 12.6 Å². The molecule has 4 aromatic rings. The summed E-state index contributed by atoms with van der Waals surface area (Å²) in [6.07, 6.45) is 0.00871. The van der Waals surface area contributed by atoms with Gasteiger partial charge < -0.3 is 19.1 Å². The number of rotatable bonds is 8. The molecule has 5 heteroatoms. The zero-order chi connectivity index (χ0) is 20.1. The molecule has 1 atom stereocenters. The van der Waals surface area contributed by atoms with Crippen molar-refractivity contribution in [1.29, 1.82) is 0 Å². The number of aromatic nitrogens is 2. The van der Waals surface area contributed by atoms with E-state index in [1.165, 1.54) is 0 Å². The van der Waals surface area contributed by atoms with Crippen molar-refractivity contribution in [2.24, 2.45) is 0 Å². The van der Waals surface area contributed by atoms with Crippen LogP contribution in [0.15, 0.2) is 78.9 Å². The first-order valence-electron chi connectivity index (χ1n) is 9.71. The first-order chi connectivity index (χ1) is 14.3. The lowest BCUT2D eigenvalue weighted by Gasteiger charge is -2.15. The van der Waals surface area contributed by atoms with Crippen molar-refractivity contribution in [3.63, 3.8) is 0 Å². The van der Waals surface area contributed by atoms with Crippen LogP contribution in [0.3, 0.4) is 0 Å². The van der Waals surface area contributed by atoms with Gasteiger partial charge in [-0.1, -0.05) is 48.5 Å². The van der Waals surface area contributed by atoms with E-state index in [1.54, 1.807) is 7.11 Å². The molecule has 0 aliphatic heterocycles. The molecule has 0 saturated heterocycles. The molecule has 1 heterocycles. The third-order valence-electron chi connectivity index (χ3n) is 4.88. The predicted octanol–water partition coefficient (Wildman–Crippen LogP) is 4.60. The monoisotopic (exact) mass is 388 g/mol. The number of benzene rings is 3. The van der Waals surface area contributed by atoms with E-state index in [9.17, 15) is 5.11 Å². The summed E-state index contributed by atoms with van der Waals surface area (Å²) < 4.78 is 13.2. The fraction of sp³-hybridized carbons (Fsp3) is 0.208. The Morgan fingerprint density at radius 2 is 1.69 bits per heavy atom. The van der Waals surface area contributed by atoms with Crippen molar-refractivity contribution in [3.05, 3.63) is 90.3 Å². The minimum Gasteiger partial charge on any atom is -0.497 e. The van der Waals surface area contributed by atoms with E-state index < -0.39 is 6.10 Å². The highest BCUT2D eigenvalue weighted by atomic mass is 16.5. The summed E-state index contributed by atoms with van der Waals surface area (Å²) in [7, 11) is 1.64. The lowest BCUT2D eigenvalue weighted by molar-refractivity contribution is 0.203. The van der Waals surface area contributed by atoms with Gasteiger partial charge in [0.1, 0.15) is 23.4 Å². The van der Waals surface area contributed by atoms with Gasteiger partial charge in [0.25, 0.3) is 0 Å². The number of aliphatic hydroxyl groups excluding tert-OH is 1. The minimum atomic E-state index is -0.775. The van der Waals surface area contributed by atoms with Crippen molar-refractivity contribution in [3.8, 4) is 11.5 Å². The van der Waals surface area contributed by atoms with Crippen molar-refractivity contribution >= 4 is 11.0 Å². The van der Waals surface area contributed by atoms with Gasteiger partial charge in [-0.2, -0.15) is 0 Å². The van der Waals surface area contributed by atoms with Gasteiger partial charge in [-0.05, 0) is 36.2 Å². The lowest BCUT2D eigenvalue weighted by Crippen LogP contribution is -2.12. The molecule has 29 heavy (non-hydrogen) atoms. The molecular weight excluding hydrogens is 364 g/mol. The summed E-state index contributed by atoms with van der Waals surface area (Å²) in [6.45, 7) is 1.25. The van der Waals surface area contributed by atoms with Crippen molar-refractivity contribution in [1.82, 2.24) is 9.55 Å². The van der Waals surface area contributed by atoms with Gasteiger partial charge in [0.2, 0.25) is 0 Å². The molecule has 1 unspecified atom stereocenters. The minimum absolute atomic E-state index is 0.556. The molecule has 1 N–H and O–H groups in total. The van der Waals surface area contributed by atoms with Crippen LogP contribution in [0, 0.1) is 0 Å². The van der Waals surface area contributed by atoms with Crippen LogP contribution < -0.4 is 9.47 Å². The number of para-hydroxylation sites is 2. The smallest absolute Gasteiger partial charge is 0.143 e. The number of aliphatic hydroxyl groups is 1. The molecule has 0 saturated carbocycles. The van der Waals surface area contributed by atoms with Crippen LogP contribution in [-0.4, -0.2) is 28.4 Å². The normalized spacial score (nSPS) is 12.1. The first-order valence-corrected chi connectivity index (χ1v) is 9.71. The van der Waals surface area contributed by atoms with Gasteiger partial charge in [0.05, 0.1) is 24.8 Å². The highest BCUT2D eigenvalue weighted by molar-refractivity contribution is 5.76. The van der Waals surface area contributed by atoms with E-state index >= 15 is 0 Å². The van der Waals surface area contributed by atoms with E-state index in [2.05, 4.69) is 4.57 Å². The van der Waals surface area contributed by atoms with Gasteiger partial charge in [-0.3, -0.25) is 0 Å². The molecule has 0 bridgehead atoms. The summed E-state index contributed by atoms with van der Waals surface area (Å²) in [5, 5.41) is 10.9. The number of hydrogen-bond donors (Lipinski definition) is 1. The number of imidazole rings is 1. The maximum atomic E-state index is 10.9. The molecular formula is C24H24N2O3. The summed E-state index contributed by atoms with van der Waals surface area (Å²) in [4.78, 5) is 4.70. The molecule has 4 rings (SSSR count). The number of nitrogens with zero attached hydrogens (tertiary/aromatic N) is 2. The average molecular weight is 388 g/mol. The molecule has 0 amide bonds. The van der Waals surface area contributed by atoms with E-state index in [0.717, 1.165) is 34.5 Å². The zero-order valence-electron chi connectivity index (χ0n) is 16.4. The Kier molecular flexibility index (Phi) is 5.77. The van der Waals surface area contributed by atoms with Crippen LogP contribution >= 0.6 is 0 Å². The summed E-state index contributed by atoms with van der Waals surface area (Å²) >= 11 is 0. The van der Waals surface area contributed by atoms with Gasteiger partial charge in [0.15, 0.2) is 0 Å². The van der Waals surface area contributed by atoms with Crippen LogP contribution in [-0.2, 0) is 6.54 Å². The third kappa shape index (κ3) is 4.25. The molecule has 0 fully saturated rings. The molecule has 0 radical (unpaired) electrons. The number of aryl methyl sites for hydroxylation is 1. The summed E-state index contributed by atoms with van der Waals surface area (Å²) in [6, 6.07) is 25.2. The van der Waals surface area contributed by atoms with E-state index in [4.69, 9.17) is 14.5 Å². The molecule has 0 aliphatic carbocycles. The molecule has 1 aromatic heterocycles. The first kappa shape index (κ1) is 19.0. The fourth-order valence-corrected chi connectivity index (χ4v) is 3.43. The molecule has 148 valence electrons. The Hall–Kier alpha value is -3.31. The highest BCUT2D eigenvalue weighted by Crippen LogP contribution is 2.26. The second-order valence-corrected chi connectivity index (χ2v) is 6.80. The number of fused-ring (bicyclic) bond motifs is 1. The van der Waals surface area contributed by atoms with Crippen LogP contribution in [0.25, 0.3) is 11.0 Å². The number of methoxy groups -OCH3 is 1. The SMILES string of the molecule is COc1cccc(OCCCn2c(C(O)c3ccccc3)nc3ccccc32)c1. The van der Waals surface area contributed by atoms with Gasteiger partial charge in [-0.15, -0.1) is 0 Å². The standard InChI is InChI=1S/C24H24N2O3/c1-28-19-11-7-12-20(17-19)29-16-8-15-26-22-14-6-5-13-21(22)25-24(26)23(27)18-9-3-2-4-10-18/h2-7,9-14,17,23,27H,8,15-16H2,1H3. The number of hydrogen-bond acceptors (Lipinski definition) is 4. The highest BCUT2D eigenvalue weighted by Gasteiger charge is 2.19. The van der Waals surface area contributed by atoms with Crippen LogP contribution in [0.4, 0.5) is 0 Å². The second-order valence-electron chi connectivity index (χ2n) is 6.80. The predicted molar refractivity (Wildman–Crippen MR) is 113 cm³/mol. The molecule has 5 nitrogen and oxygen atoms in total. The zero-order valence-corrected chi connectivity index (χ0v) is 16.4. The third-order valence-corrected chi connectivity index (χ3v) is 4.88. The van der Waals surface area contributed by atoms with E-state index in [-0.39, 0.29) is 0 Å². The average Bonchev–Trinajstić information content (AvgIpc) is 3.15. The van der Waals surface area contributed by atoms with Gasteiger partial charge in [-0.25, -0.2) is 4.98 Å². The largest absolute Gasteiger partial charge is 0.497 e. The van der Waals surface area contributed by atoms with Crippen LogP contribution in [0.2, 0.25) is 0 Å². The van der Waals surface area contributed by atoms with Crippen LogP contribution in [0.1, 0.15) is 23.9 Å². The molecule has 3 aromatic carbocycles. The van der Waals surface area contributed by atoms with Crippen molar-refractivity contribution < 1.29 is 14.6 Å². The van der Waals surface area contributed by atoms with Crippen molar-refractivity contribution in [2.75, 3.05) is 13.7 Å². The van der Waals surface area contributed by atoms with E-state index in [1.807, 2.05) is 78.9 Å². The second kappa shape index (κ2) is 8.80. The summed E-state index contributed by atoms with van der Waals surface area (Å²) in [5.74, 6) is 2.21. The lowest BCUT2D eigenvalue weighted by atomic mass is 10.1. The Balaban J connectivity index is 1.51. The maximum absolute atomic E-state index is 10.9. The molecule has 0 spiro atoms. The molecule has 0 aliphatic rings. The Labute approximate surface area is 170 Å². The fourth-order valence-electron chi connectivity index (χ4n) is 3.43. The van der Waals surface area contributed by atoms with Gasteiger partial charge >= 0.3 is 0 Å².